The normalized spacial score (nSPS) is 18.2. The predicted octanol–water partition coefficient (Wildman–Crippen LogP) is 2.51. The van der Waals surface area contributed by atoms with Gasteiger partial charge in [0.05, 0.1) is 25.0 Å². The van der Waals surface area contributed by atoms with Crippen molar-refractivity contribution in [3.05, 3.63) is 36.8 Å². The molecule has 1 aromatic carbocycles. The number of imidazole rings is 1. The highest BCUT2D eigenvalue weighted by molar-refractivity contribution is 7.89. The molecule has 1 N–H and O–H groups in total. The molecule has 152 valence electrons. The van der Waals surface area contributed by atoms with Gasteiger partial charge in [-0.15, -0.1) is 0 Å². The molecule has 1 atom stereocenters. The molecule has 1 saturated heterocycles. The van der Waals surface area contributed by atoms with Gasteiger partial charge in [0.15, 0.2) is 5.03 Å². The van der Waals surface area contributed by atoms with E-state index in [-0.39, 0.29) is 23.5 Å². The van der Waals surface area contributed by atoms with E-state index < -0.39 is 15.9 Å². The molecule has 0 radical (unpaired) electrons. The van der Waals surface area contributed by atoms with Crippen molar-refractivity contribution in [1.82, 2.24) is 13.9 Å². The van der Waals surface area contributed by atoms with E-state index in [1.54, 1.807) is 29.0 Å². The summed E-state index contributed by atoms with van der Waals surface area (Å²) in [5.74, 6) is -0.0758. The van der Waals surface area contributed by atoms with E-state index in [2.05, 4.69) is 10.3 Å². The molecule has 0 spiro atoms. The molecule has 1 aliphatic heterocycles. The molecule has 1 fully saturated rings. The van der Waals surface area contributed by atoms with Crippen LogP contribution in [0, 0.1) is 5.92 Å². The Morgan fingerprint density at radius 3 is 2.75 bits per heavy atom. The van der Waals surface area contributed by atoms with Crippen LogP contribution in [0.2, 0.25) is 0 Å². The number of ether oxygens (including phenoxy) is 1. The molecule has 28 heavy (non-hydrogen) atoms. The number of nitrogens with zero attached hydrogens (tertiary/aromatic N) is 3. The fourth-order valence-corrected chi connectivity index (χ4v) is 4.67. The Labute approximate surface area is 165 Å². The maximum absolute atomic E-state index is 12.9. The van der Waals surface area contributed by atoms with Crippen molar-refractivity contribution in [2.24, 2.45) is 5.92 Å². The molecule has 0 aliphatic carbocycles. The Bertz CT molecular complexity index is 939. The zero-order valence-electron chi connectivity index (χ0n) is 16.3. The van der Waals surface area contributed by atoms with Gasteiger partial charge < -0.3 is 14.6 Å². The fourth-order valence-electron chi connectivity index (χ4n) is 3.22. The van der Waals surface area contributed by atoms with Gasteiger partial charge in [-0.25, -0.2) is 13.4 Å². The van der Waals surface area contributed by atoms with Crippen molar-refractivity contribution in [3.63, 3.8) is 0 Å². The number of para-hydroxylation sites is 2. The summed E-state index contributed by atoms with van der Waals surface area (Å²) in [5, 5.41) is 2.88. The maximum atomic E-state index is 12.9. The van der Waals surface area contributed by atoms with Gasteiger partial charge in [-0.2, -0.15) is 4.31 Å². The van der Waals surface area contributed by atoms with Gasteiger partial charge in [-0.05, 0) is 38.8 Å². The van der Waals surface area contributed by atoms with Gasteiger partial charge in [0.2, 0.25) is 5.91 Å². The summed E-state index contributed by atoms with van der Waals surface area (Å²) in [5.41, 5.74) is 0.575. The molecule has 1 amide bonds. The molecule has 2 aromatic rings. The van der Waals surface area contributed by atoms with Crippen molar-refractivity contribution in [2.45, 2.75) is 37.8 Å². The Hall–Kier alpha value is -2.39. The van der Waals surface area contributed by atoms with E-state index in [1.807, 2.05) is 19.9 Å². The van der Waals surface area contributed by atoms with E-state index in [1.165, 1.54) is 17.7 Å². The van der Waals surface area contributed by atoms with E-state index >= 15 is 0 Å². The quantitative estimate of drug-likeness (QED) is 0.796. The highest BCUT2D eigenvalue weighted by Gasteiger charge is 2.34. The summed E-state index contributed by atoms with van der Waals surface area (Å²) in [4.78, 5) is 16.8. The van der Waals surface area contributed by atoms with E-state index in [0.29, 0.717) is 30.8 Å². The molecular weight excluding hydrogens is 380 g/mol. The average Bonchev–Trinajstić information content (AvgIpc) is 3.20. The molecule has 8 nitrogen and oxygen atoms in total. The summed E-state index contributed by atoms with van der Waals surface area (Å²) in [6.07, 6.45) is 4.31. The van der Waals surface area contributed by atoms with E-state index in [9.17, 15) is 13.2 Å². The number of carbonyl (C=O) groups excluding carboxylic acids is 1. The number of anilines is 1. The molecule has 1 aromatic heterocycles. The minimum atomic E-state index is -3.73. The Morgan fingerprint density at radius 1 is 1.32 bits per heavy atom. The minimum absolute atomic E-state index is 0.0204. The lowest BCUT2D eigenvalue weighted by Crippen LogP contribution is -2.43. The van der Waals surface area contributed by atoms with Crippen molar-refractivity contribution in [3.8, 4) is 5.75 Å². The van der Waals surface area contributed by atoms with Crippen LogP contribution in [0.1, 0.15) is 32.7 Å². The highest BCUT2D eigenvalue weighted by atomic mass is 32.2. The van der Waals surface area contributed by atoms with E-state index in [4.69, 9.17) is 4.74 Å². The Kier molecular flexibility index (Phi) is 6.04. The Morgan fingerprint density at radius 2 is 2.07 bits per heavy atom. The third-order valence-corrected chi connectivity index (χ3v) is 6.65. The summed E-state index contributed by atoms with van der Waals surface area (Å²) >= 11 is 0. The first-order chi connectivity index (χ1) is 13.3. The van der Waals surface area contributed by atoms with Crippen LogP contribution in [-0.4, -0.2) is 48.4 Å². The number of aromatic nitrogens is 2. The van der Waals surface area contributed by atoms with Gasteiger partial charge in [-0.3, -0.25) is 4.79 Å². The van der Waals surface area contributed by atoms with Crippen LogP contribution in [0.4, 0.5) is 5.69 Å². The second-order valence-corrected chi connectivity index (χ2v) is 9.03. The van der Waals surface area contributed by atoms with Crippen molar-refractivity contribution in [2.75, 3.05) is 25.5 Å². The number of sulfonamides is 1. The number of amides is 1. The predicted molar refractivity (Wildman–Crippen MR) is 106 cm³/mol. The molecule has 3 rings (SSSR count). The standard InChI is InChI=1S/C19H26N4O4S/c1-14(2)22-12-18(20-13-22)28(25,26)23-10-6-7-15(11-23)19(24)21-16-8-4-5-9-17(16)27-3/h4-5,8-9,12-15H,6-7,10-11H2,1-3H3,(H,21,24). The summed E-state index contributed by atoms with van der Waals surface area (Å²) < 4.78 is 34.3. The second kappa shape index (κ2) is 8.32. The molecule has 0 bridgehead atoms. The number of piperidine rings is 1. The molecule has 9 heteroatoms. The number of hydrogen-bond acceptors (Lipinski definition) is 5. The van der Waals surface area contributed by atoms with Crippen LogP contribution in [0.3, 0.4) is 0 Å². The third kappa shape index (κ3) is 4.20. The van der Waals surface area contributed by atoms with Gasteiger partial charge in [0.25, 0.3) is 10.0 Å². The topological polar surface area (TPSA) is 93.5 Å². The second-order valence-electron chi connectivity index (χ2n) is 7.14. The van der Waals surface area contributed by atoms with Crippen LogP contribution < -0.4 is 10.1 Å². The van der Waals surface area contributed by atoms with Crippen LogP contribution in [0.5, 0.6) is 5.75 Å². The number of benzene rings is 1. The summed E-state index contributed by atoms with van der Waals surface area (Å²) in [6.45, 7) is 4.43. The number of rotatable bonds is 6. The van der Waals surface area contributed by atoms with Crippen molar-refractivity contribution < 1.29 is 17.9 Å². The van der Waals surface area contributed by atoms with Gasteiger partial charge in [0.1, 0.15) is 5.75 Å². The molecular formula is C19H26N4O4S. The first-order valence-electron chi connectivity index (χ1n) is 9.30. The first kappa shape index (κ1) is 20.3. The SMILES string of the molecule is COc1ccccc1NC(=O)C1CCCN(S(=O)(=O)c2cn(C(C)C)cn2)C1. The first-order valence-corrected chi connectivity index (χ1v) is 10.7. The third-order valence-electron chi connectivity index (χ3n) is 4.90. The minimum Gasteiger partial charge on any atom is -0.495 e. The molecule has 2 heterocycles. The number of carbonyl (C=O) groups is 1. The van der Waals surface area contributed by atoms with Crippen LogP contribution >= 0.6 is 0 Å². The van der Waals surface area contributed by atoms with Crippen LogP contribution in [0.15, 0.2) is 41.8 Å². The highest BCUT2D eigenvalue weighted by Crippen LogP contribution is 2.27. The summed E-state index contributed by atoms with van der Waals surface area (Å²) in [7, 11) is -2.19. The molecule has 0 saturated carbocycles. The Balaban J connectivity index is 1.73. The van der Waals surface area contributed by atoms with Gasteiger partial charge >= 0.3 is 0 Å². The largest absolute Gasteiger partial charge is 0.495 e. The van der Waals surface area contributed by atoms with Crippen LogP contribution in [-0.2, 0) is 14.8 Å². The lowest BCUT2D eigenvalue weighted by Gasteiger charge is -2.30. The van der Waals surface area contributed by atoms with Gasteiger partial charge in [-0.1, -0.05) is 12.1 Å². The number of hydrogen-bond donors (Lipinski definition) is 1. The lowest BCUT2D eigenvalue weighted by atomic mass is 9.98. The van der Waals surface area contributed by atoms with Crippen LogP contribution in [0.25, 0.3) is 0 Å². The summed E-state index contributed by atoms with van der Waals surface area (Å²) in [6, 6.07) is 7.27. The van der Waals surface area contributed by atoms with Crippen molar-refractivity contribution >= 4 is 21.6 Å². The van der Waals surface area contributed by atoms with E-state index in [0.717, 1.165) is 0 Å². The maximum Gasteiger partial charge on any atom is 0.262 e. The lowest BCUT2D eigenvalue weighted by molar-refractivity contribution is -0.120. The zero-order valence-corrected chi connectivity index (χ0v) is 17.1. The van der Waals surface area contributed by atoms with Crippen molar-refractivity contribution in [1.29, 1.82) is 0 Å². The molecule has 1 aliphatic rings. The average molecular weight is 407 g/mol. The monoisotopic (exact) mass is 406 g/mol. The fraction of sp³-hybridized carbons (Fsp3) is 0.474. The number of nitrogens with one attached hydrogen (secondary N) is 1. The zero-order chi connectivity index (χ0) is 20.3. The van der Waals surface area contributed by atoms with Gasteiger partial charge in [0, 0.05) is 25.3 Å². The number of methoxy groups -OCH3 is 1. The smallest absolute Gasteiger partial charge is 0.262 e. The molecule has 1 unspecified atom stereocenters.